The van der Waals surface area contributed by atoms with E-state index in [1.54, 1.807) is 25.6 Å². The molecule has 0 spiro atoms. The van der Waals surface area contributed by atoms with Gasteiger partial charge in [0.2, 0.25) is 0 Å². The van der Waals surface area contributed by atoms with Gasteiger partial charge in [-0.3, -0.25) is 9.98 Å². The van der Waals surface area contributed by atoms with Gasteiger partial charge in [0.05, 0.1) is 6.34 Å². The maximum atomic E-state index is 13.6. The molecule has 0 aliphatic carbocycles. The third-order valence-electron chi connectivity index (χ3n) is 3.79. The monoisotopic (exact) mass is 335 g/mol. The molecular weight excluding hydrogens is 317 g/mol. The first kappa shape index (κ1) is 16.6. The normalized spacial score (nSPS) is 11.0. The SMILES string of the molecule is CN=CNc1ccc(-c2cc(O)cc(F)c2)cc1Cc1cccnc1. The molecule has 0 aliphatic rings. The molecule has 0 aliphatic heterocycles. The maximum absolute atomic E-state index is 13.6. The van der Waals surface area contributed by atoms with Crippen LogP contribution in [0.25, 0.3) is 11.1 Å². The number of benzene rings is 2. The highest BCUT2D eigenvalue weighted by atomic mass is 19.1. The van der Waals surface area contributed by atoms with Crippen molar-refractivity contribution >= 4 is 12.0 Å². The molecule has 0 atom stereocenters. The minimum Gasteiger partial charge on any atom is -0.508 e. The number of halogens is 1. The molecule has 3 aromatic rings. The third kappa shape index (κ3) is 4.20. The largest absolute Gasteiger partial charge is 0.508 e. The summed E-state index contributed by atoms with van der Waals surface area (Å²) in [6.07, 6.45) is 5.84. The van der Waals surface area contributed by atoms with Crippen LogP contribution in [0.2, 0.25) is 0 Å². The fourth-order valence-corrected chi connectivity index (χ4v) is 2.66. The summed E-state index contributed by atoms with van der Waals surface area (Å²) in [6.45, 7) is 0. The van der Waals surface area contributed by atoms with Crippen LogP contribution in [-0.2, 0) is 6.42 Å². The summed E-state index contributed by atoms with van der Waals surface area (Å²) in [5.74, 6) is -0.562. The molecule has 2 N–H and O–H groups in total. The first-order chi connectivity index (χ1) is 12.2. The summed E-state index contributed by atoms with van der Waals surface area (Å²) in [6, 6.07) is 13.7. The van der Waals surface area contributed by atoms with Crippen LogP contribution in [0.5, 0.6) is 5.75 Å². The van der Waals surface area contributed by atoms with Crippen molar-refractivity contribution in [2.45, 2.75) is 6.42 Å². The van der Waals surface area contributed by atoms with Gasteiger partial charge >= 0.3 is 0 Å². The smallest absolute Gasteiger partial charge is 0.127 e. The van der Waals surface area contributed by atoms with Crippen LogP contribution in [0.15, 0.2) is 65.9 Å². The average Bonchev–Trinajstić information content (AvgIpc) is 2.60. The van der Waals surface area contributed by atoms with Crippen molar-refractivity contribution in [2.75, 3.05) is 12.4 Å². The number of aromatic hydroxyl groups is 1. The first-order valence-corrected chi connectivity index (χ1v) is 7.84. The minimum atomic E-state index is -0.468. The Kier molecular flexibility index (Phi) is 5.04. The lowest BCUT2D eigenvalue weighted by Gasteiger charge is -2.12. The number of nitrogens with zero attached hydrogens (tertiary/aromatic N) is 2. The molecule has 25 heavy (non-hydrogen) atoms. The predicted octanol–water partition coefficient (Wildman–Crippen LogP) is 4.25. The molecule has 0 unspecified atom stereocenters. The van der Waals surface area contributed by atoms with Crippen molar-refractivity contribution in [3.63, 3.8) is 0 Å². The van der Waals surface area contributed by atoms with E-state index in [0.717, 1.165) is 28.4 Å². The summed E-state index contributed by atoms with van der Waals surface area (Å²) in [5, 5.41) is 12.8. The standard InChI is InChI=1S/C20H18FN3O/c1-22-13-24-20-5-4-15(16-9-18(21)11-19(25)10-16)8-17(20)7-14-3-2-6-23-12-14/h2-6,8-13,25H,7H2,1H3,(H,22,24). The lowest BCUT2D eigenvalue weighted by molar-refractivity contribution is 0.469. The lowest BCUT2D eigenvalue weighted by atomic mass is 9.98. The molecule has 0 fully saturated rings. The highest BCUT2D eigenvalue weighted by Gasteiger charge is 2.08. The van der Waals surface area contributed by atoms with Gasteiger partial charge in [-0.2, -0.15) is 0 Å². The van der Waals surface area contributed by atoms with E-state index in [2.05, 4.69) is 15.3 Å². The fraction of sp³-hybridized carbons (Fsp3) is 0.100. The molecule has 0 saturated heterocycles. The minimum absolute atomic E-state index is 0.0934. The van der Waals surface area contributed by atoms with E-state index in [0.29, 0.717) is 12.0 Å². The van der Waals surface area contributed by atoms with E-state index in [-0.39, 0.29) is 5.75 Å². The molecule has 4 nitrogen and oxygen atoms in total. The molecule has 0 amide bonds. The number of anilines is 1. The van der Waals surface area contributed by atoms with Gasteiger partial charge in [0.15, 0.2) is 0 Å². The van der Waals surface area contributed by atoms with E-state index in [1.165, 1.54) is 6.07 Å². The van der Waals surface area contributed by atoms with Gasteiger partial charge in [0.1, 0.15) is 11.6 Å². The van der Waals surface area contributed by atoms with Gasteiger partial charge in [-0.15, -0.1) is 0 Å². The van der Waals surface area contributed by atoms with Crippen molar-refractivity contribution in [1.29, 1.82) is 0 Å². The first-order valence-electron chi connectivity index (χ1n) is 7.84. The Balaban J connectivity index is 2.02. The van der Waals surface area contributed by atoms with Gasteiger partial charge in [-0.25, -0.2) is 4.39 Å². The third-order valence-corrected chi connectivity index (χ3v) is 3.79. The molecule has 0 bridgehead atoms. The van der Waals surface area contributed by atoms with Crippen LogP contribution in [0, 0.1) is 5.82 Å². The van der Waals surface area contributed by atoms with E-state index in [9.17, 15) is 9.50 Å². The number of phenolic OH excluding ortho intramolecular Hbond substituents is 1. The topological polar surface area (TPSA) is 57.5 Å². The second-order valence-corrected chi connectivity index (χ2v) is 5.64. The number of hydrogen-bond donors (Lipinski definition) is 2. The van der Waals surface area contributed by atoms with Gasteiger partial charge in [0, 0.05) is 37.6 Å². The molecule has 1 heterocycles. The van der Waals surface area contributed by atoms with Gasteiger partial charge < -0.3 is 10.4 Å². The summed E-state index contributed by atoms with van der Waals surface area (Å²) in [4.78, 5) is 8.10. The quantitative estimate of drug-likeness (QED) is 0.541. The van der Waals surface area contributed by atoms with Crippen LogP contribution >= 0.6 is 0 Å². The van der Waals surface area contributed by atoms with Gasteiger partial charge in [0.25, 0.3) is 0 Å². The second-order valence-electron chi connectivity index (χ2n) is 5.64. The van der Waals surface area contributed by atoms with Crippen LogP contribution in [0.3, 0.4) is 0 Å². The zero-order valence-corrected chi connectivity index (χ0v) is 13.8. The number of nitrogens with one attached hydrogen (secondary N) is 1. The number of phenols is 1. The van der Waals surface area contributed by atoms with Gasteiger partial charge in [-0.05, 0) is 52.6 Å². The number of rotatable bonds is 5. The molecule has 2 aromatic carbocycles. The zero-order chi connectivity index (χ0) is 17.6. The van der Waals surface area contributed by atoms with Crippen molar-refractivity contribution < 1.29 is 9.50 Å². The number of aromatic nitrogens is 1. The number of aliphatic imine (C=N–C) groups is 1. The van der Waals surface area contributed by atoms with E-state index >= 15 is 0 Å². The highest BCUT2D eigenvalue weighted by molar-refractivity contribution is 5.79. The molecular formula is C20H18FN3O. The van der Waals surface area contributed by atoms with E-state index in [4.69, 9.17) is 0 Å². The Morgan fingerprint density at radius 1 is 1.16 bits per heavy atom. The molecule has 3 rings (SSSR count). The van der Waals surface area contributed by atoms with Gasteiger partial charge in [-0.1, -0.05) is 12.1 Å². The fourth-order valence-electron chi connectivity index (χ4n) is 2.66. The Labute approximate surface area is 145 Å². The van der Waals surface area contributed by atoms with Crippen molar-refractivity contribution in [3.8, 4) is 16.9 Å². The number of pyridine rings is 1. The van der Waals surface area contributed by atoms with Crippen LogP contribution in [0.4, 0.5) is 10.1 Å². The lowest BCUT2D eigenvalue weighted by Crippen LogP contribution is -2.01. The summed E-state index contributed by atoms with van der Waals surface area (Å²) >= 11 is 0. The molecule has 5 heteroatoms. The van der Waals surface area contributed by atoms with Crippen molar-refractivity contribution in [3.05, 3.63) is 77.9 Å². The van der Waals surface area contributed by atoms with Crippen molar-refractivity contribution in [1.82, 2.24) is 4.98 Å². The van der Waals surface area contributed by atoms with Crippen LogP contribution in [-0.4, -0.2) is 23.5 Å². The molecule has 126 valence electrons. The Bertz CT molecular complexity index is 874. The number of hydrogen-bond acceptors (Lipinski definition) is 3. The molecule has 0 radical (unpaired) electrons. The maximum Gasteiger partial charge on any atom is 0.127 e. The zero-order valence-electron chi connectivity index (χ0n) is 13.8. The van der Waals surface area contributed by atoms with Crippen LogP contribution < -0.4 is 5.32 Å². The van der Waals surface area contributed by atoms with E-state index < -0.39 is 5.82 Å². The average molecular weight is 335 g/mol. The molecule has 0 saturated carbocycles. The summed E-state index contributed by atoms with van der Waals surface area (Å²) in [7, 11) is 1.69. The summed E-state index contributed by atoms with van der Waals surface area (Å²) < 4.78 is 13.6. The predicted molar refractivity (Wildman–Crippen MR) is 98.6 cm³/mol. The Morgan fingerprint density at radius 2 is 2.04 bits per heavy atom. The Morgan fingerprint density at radius 3 is 2.76 bits per heavy atom. The molecule has 1 aromatic heterocycles. The Hall–Kier alpha value is -3.21. The highest BCUT2D eigenvalue weighted by Crippen LogP contribution is 2.29. The van der Waals surface area contributed by atoms with Crippen molar-refractivity contribution in [2.24, 2.45) is 4.99 Å². The summed E-state index contributed by atoms with van der Waals surface area (Å²) in [5.41, 5.74) is 4.46. The van der Waals surface area contributed by atoms with Crippen LogP contribution in [0.1, 0.15) is 11.1 Å². The van der Waals surface area contributed by atoms with E-state index in [1.807, 2.05) is 36.5 Å². The second kappa shape index (κ2) is 7.57.